The fraction of sp³-hybridized carbons (Fsp3) is 1.00. The second-order valence-electron chi connectivity index (χ2n) is 4.12. The molecule has 3 rings (SSSR count). The van der Waals surface area contributed by atoms with Crippen LogP contribution in [0.25, 0.3) is 0 Å². The first kappa shape index (κ1) is 7.53. The minimum Gasteiger partial charge on any atom is -0.395 e. The minimum absolute atomic E-state index is 0.341. The Morgan fingerprint density at radius 3 is 2.45 bits per heavy atom. The number of hydrogen-bond donors (Lipinski definition) is 1. The van der Waals surface area contributed by atoms with E-state index in [1.807, 2.05) is 0 Å². The average Bonchev–Trinajstić information content (AvgIpc) is 2.04. The van der Waals surface area contributed by atoms with Crippen molar-refractivity contribution in [3.05, 3.63) is 0 Å². The van der Waals surface area contributed by atoms with Gasteiger partial charge in [0, 0.05) is 13.1 Å². The highest BCUT2D eigenvalue weighted by Gasteiger charge is 2.40. The smallest absolute Gasteiger partial charge is 0.0966 e. The number of aliphatic hydroxyl groups excluding tert-OH is 1. The molecular weight excluding hydrogens is 140 g/mol. The molecule has 3 aliphatic heterocycles. The Morgan fingerprint density at radius 1 is 1.45 bits per heavy atom. The molecule has 0 aromatic rings. The lowest BCUT2D eigenvalue weighted by atomic mass is 10.1. The molecule has 3 aliphatic rings. The lowest BCUT2D eigenvalue weighted by molar-refractivity contribution is -0.926. The van der Waals surface area contributed by atoms with Crippen LogP contribution in [-0.2, 0) is 0 Å². The van der Waals surface area contributed by atoms with Crippen LogP contribution >= 0.6 is 0 Å². The van der Waals surface area contributed by atoms with Crippen molar-refractivity contribution in [3.63, 3.8) is 0 Å². The van der Waals surface area contributed by atoms with Crippen LogP contribution in [-0.4, -0.2) is 66.9 Å². The lowest BCUT2D eigenvalue weighted by Gasteiger charge is -2.51. The summed E-state index contributed by atoms with van der Waals surface area (Å²) in [6.07, 6.45) is 0. The van der Waals surface area contributed by atoms with Gasteiger partial charge in [-0.2, -0.15) is 0 Å². The van der Waals surface area contributed by atoms with Gasteiger partial charge in [-0.15, -0.1) is 0 Å². The topological polar surface area (TPSA) is 23.5 Å². The number of quaternary nitrogens is 1. The highest BCUT2D eigenvalue weighted by atomic mass is 16.3. The maximum absolute atomic E-state index is 9.08. The number of likely N-dealkylation sites (N-methyl/N-ethyl adjacent to an activating group) is 1. The monoisotopic (exact) mass is 157 g/mol. The van der Waals surface area contributed by atoms with Crippen LogP contribution < -0.4 is 0 Å². The predicted molar refractivity (Wildman–Crippen MR) is 43.2 cm³/mol. The molecular formula is C8H17N2O+. The summed E-state index contributed by atoms with van der Waals surface area (Å²) in [6, 6.07) is 0.447. The molecule has 0 spiro atoms. The zero-order valence-electron chi connectivity index (χ0n) is 7.16. The van der Waals surface area contributed by atoms with Gasteiger partial charge in [0.2, 0.25) is 0 Å². The zero-order chi connectivity index (χ0) is 7.90. The first-order chi connectivity index (χ1) is 5.23. The summed E-state index contributed by atoms with van der Waals surface area (Å²) >= 11 is 0. The Balaban J connectivity index is 2.09. The van der Waals surface area contributed by atoms with Crippen molar-refractivity contribution in [1.82, 2.24) is 4.90 Å². The fourth-order valence-electron chi connectivity index (χ4n) is 2.31. The Hall–Kier alpha value is -0.120. The van der Waals surface area contributed by atoms with Crippen LogP contribution in [0.15, 0.2) is 0 Å². The third-order valence-electron chi connectivity index (χ3n) is 3.23. The second-order valence-corrected chi connectivity index (χ2v) is 4.12. The van der Waals surface area contributed by atoms with Crippen LogP contribution in [0.4, 0.5) is 0 Å². The van der Waals surface area contributed by atoms with Crippen molar-refractivity contribution >= 4 is 0 Å². The maximum Gasteiger partial charge on any atom is 0.0966 e. The normalized spacial score (nSPS) is 49.6. The molecule has 1 atom stereocenters. The summed E-state index contributed by atoms with van der Waals surface area (Å²) in [7, 11) is 2.30. The van der Waals surface area contributed by atoms with Crippen LogP contribution in [0.2, 0.25) is 0 Å². The molecule has 3 heterocycles. The molecule has 3 saturated heterocycles. The van der Waals surface area contributed by atoms with E-state index in [9.17, 15) is 0 Å². The quantitative estimate of drug-likeness (QED) is 0.500. The second kappa shape index (κ2) is 2.44. The van der Waals surface area contributed by atoms with Crippen molar-refractivity contribution < 1.29 is 9.59 Å². The Kier molecular flexibility index (Phi) is 1.67. The molecule has 2 bridgehead atoms. The highest BCUT2D eigenvalue weighted by Crippen LogP contribution is 2.21. The first-order valence-electron chi connectivity index (χ1n) is 4.42. The largest absolute Gasteiger partial charge is 0.395 e. The van der Waals surface area contributed by atoms with Gasteiger partial charge in [-0.05, 0) is 0 Å². The van der Waals surface area contributed by atoms with Crippen molar-refractivity contribution in [2.24, 2.45) is 0 Å². The summed E-state index contributed by atoms with van der Waals surface area (Å²) in [6.45, 7) is 6.40. The summed E-state index contributed by atoms with van der Waals surface area (Å²) in [5.41, 5.74) is 0. The van der Waals surface area contributed by atoms with E-state index in [2.05, 4.69) is 11.9 Å². The molecule has 3 fully saturated rings. The fourth-order valence-corrected chi connectivity index (χ4v) is 2.31. The molecule has 1 unspecified atom stereocenters. The van der Waals surface area contributed by atoms with Gasteiger partial charge < -0.3 is 9.59 Å². The molecule has 64 valence electrons. The average molecular weight is 157 g/mol. The Labute approximate surface area is 67.8 Å². The van der Waals surface area contributed by atoms with Gasteiger partial charge in [0.15, 0.2) is 0 Å². The van der Waals surface area contributed by atoms with E-state index in [-0.39, 0.29) is 0 Å². The molecule has 3 nitrogen and oxygen atoms in total. The highest BCUT2D eigenvalue weighted by molar-refractivity contribution is 4.79. The number of rotatable bonds is 1. The van der Waals surface area contributed by atoms with Crippen molar-refractivity contribution in [2.75, 3.05) is 46.4 Å². The van der Waals surface area contributed by atoms with E-state index in [4.69, 9.17) is 5.11 Å². The van der Waals surface area contributed by atoms with E-state index in [1.54, 1.807) is 0 Å². The summed E-state index contributed by atoms with van der Waals surface area (Å²) < 4.78 is 1.18. The SMILES string of the molecule is C[N+]12CCN(CC1)C(CO)C2. The zero-order valence-corrected chi connectivity index (χ0v) is 7.16. The minimum atomic E-state index is 0.341. The number of hydrogen-bond acceptors (Lipinski definition) is 2. The van der Waals surface area contributed by atoms with Crippen LogP contribution in [0, 0.1) is 0 Å². The standard InChI is InChI=1S/C8H17N2O/c1-10-4-2-9(3-5-10)8(6-10)7-11/h8,11H,2-7H2,1H3/q+1. The Morgan fingerprint density at radius 2 is 2.09 bits per heavy atom. The third kappa shape index (κ3) is 1.17. The van der Waals surface area contributed by atoms with Crippen LogP contribution in [0.3, 0.4) is 0 Å². The van der Waals surface area contributed by atoms with Crippen molar-refractivity contribution in [3.8, 4) is 0 Å². The summed E-state index contributed by atoms with van der Waals surface area (Å²) in [4.78, 5) is 2.42. The van der Waals surface area contributed by atoms with Gasteiger partial charge in [-0.25, -0.2) is 0 Å². The lowest BCUT2D eigenvalue weighted by Crippen LogP contribution is -2.70. The predicted octanol–water partition coefficient (Wildman–Crippen LogP) is -0.877. The third-order valence-corrected chi connectivity index (χ3v) is 3.23. The van der Waals surface area contributed by atoms with Gasteiger partial charge in [0.1, 0.15) is 0 Å². The molecule has 0 aliphatic carbocycles. The number of piperazine rings is 3. The molecule has 0 radical (unpaired) electrons. The first-order valence-corrected chi connectivity index (χ1v) is 4.42. The summed E-state index contributed by atoms with van der Waals surface area (Å²) in [5.74, 6) is 0. The van der Waals surface area contributed by atoms with E-state index < -0.39 is 0 Å². The van der Waals surface area contributed by atoms with Gasteiger partial charge in [0.05, 0.1) is 39.3 Å². The number of aliphatic hydroxyl groups is 1. The number of fused-ring (bicyclic) bond motifs is 3. The number of nitrogens with zero attached hydrogens (tertiary/aromatic N) is 2. The molecule has 0 aromatic carbocycles. The molecule has 0 saturated carbocycles. The van der Waals surface area contributed by atoms with Crippen LogP contribution in [0.1, 0.15) is 0 Å². The van der Waals surface area contributed by atoms with Crippen molar-refractivity contribution in [1.29, 1.82) is 0 Å². The van der Waals surface area contributed by atoms with Gasteiger partial charge in [-0.3, -0.25) is 4.90 Å². The van der Waals surface area contributed by atoms with Gasteiger partial charge >= 0.3 is 0 Å². The Bertz CT molecular complexity index is 152. The molecule has 0 amide bonds. The van der Waals surface area contributed by atoms with E-state index >= 15 is 0 Å². The molecule has 1 N–H and O–H groups in total. The van der Waals surface area contributed by atoms with E-state index in [0.717, 1.165) is 6.54 Å². The molecule has 0 aromatic heterocycles. The maximum atomic E-state index is 9.08. The molecule has 11 heavy (non-hydrogen) atoms. The van der Waals surface area contributed by atoms with E-state index in [1.165, 1.54) is 30.7 Å². The van der Waals surface area contributed by atoms with Crippen molar-refractivity contribution in [2.45, 2.75) is 6.04 Å². The van der Waals surface area contributed by atoms with Gasteiger partial charge in [0.25, 0.3) is 0 Å². The van der Waals surface area contributed by atoms with Crippen LogP contribution in [0.5, 0.6) is 0 Å². The van der Waals surface area contributed by atoms with E-state index in [0.29, 0.717) is 12.6 Å². The summed E-state index contributed by atoms with van der Waals surface area (Å²) in [5, 5.41) is 9.08. The molecule has 3 heteroatoms. The van der Waals surface area contributed by atoms with Gasteiger partial charge in [-0.1, -0.05) is 0 Å².